The summed E-state index contributed by atoms with van der Waals surface area (Å²) in [6.45, 7) is 4.13. The molecule has 1 fully saturated rings. The Labute approximate surface area is 134 Å². The topological polar surface area (TPSA) is 80.5 Å². The molecule has 0 bridgehead atoms. The van der Waals surface area contributed by atoms with Gasteiger partial charge in [0.2, 0.25) is 0 Å². The lowest BCUT2D eigenvalue weighted by atomic mass is 10.2. The molecule has 0 aromatic carbocycles. The van der Waals surface area contributed by atoms with E-state index in [0.717, 1.165) is 25.2 Å². The Morgan fingerprint density at radius 2 is 2.35 bits per heavy atom. The average molecular weight is 316 g/mol. The number of carbonyl (C=O) groups excluding carboxylic acids is 1. The van der Waals surface area contributed by atoms with Crippen molar-refractivity contribution in [2.45, 2.75) is 25.8 Å². The fourth-order valence-electron chi connectivity index (χ4n) is 2.57. The highest BCUT2D eigenvalue weighted by atomic mass is 16.5. The van der Waals surface area contributed by atoms with Gasteiger partial charge in [0.1, 0.15) is 0 Å². The lowest BCUT2D eigenvalue weighted by Gasteiger charge is -2.19. The van der Waals surface area contributed by atoms with Crippen LogP contribution in [0.4, 0.5) is 5.82 Å². The maximum Gasteiger partial charge on any atom is 0.287 e. The van der Waals surface area contributed by atoms with Crippen LogP contribution in [-0.4, -0.2) is 41.6 Å². The minimum absolute atomic E-state index is 0.0497. The predicted octanol–water partition coefficient (Wildman–Crippen LogP) is 1.87. The summed E-state index contributed by atoms with van der Waals surface area (Å²) in [5.41, 5.74) is 0. The highest BCUT2D eigenvalue weighted by Crippen LogP contribution is 2.26. The van der Waals surface area contributed by atoms with Crippen LogP contribution in [0.25, 0.3) is 0 Å². The Balaban J connectivity index is 1.62. The number of rotatable bonds is 6. The van der Waals surface area contributed by atoms with Gasteiger partial charge >= 0.3 is 0 Å². The maximum absolute atomic E-state index is 12.0. The summed E-state index contributed by atoms with van der Waals surface area (Å²) in [5.74, 6) is 1.42. The molecule has 1 unspecified atom stereocenters. The zero-order valence-corrected chi connectivity index (χ0v) is 13.1. The zero-order chi connectivity index (χ0) is 16.1. The number of anilines is 1. The van der Waals surface area contributed by atoms with Crippen molar-refractivity contribution in [3.8, 4) is 5.88 Å². The molecule has 1 aliphatic rings. The first-order valence-corrected chi connectivity index (χ1v) is 7.81. The third-order valence-corrected chi connectivity index (χ3v) is 3.66. The smallest absolute Gasteiger partial charge is 0.287 e. The second-order valence-electron chi connectivity index (χ2n) is 5.42. The highest BCUT2D eigenvalue weighted by molar-refractivity contribution is 5.91. The van der Waals surface area contributed by atoms with Crippen LogP contribution in [0.1, 0.15) is 30.3 Å². The van der Waals surface area contributed by atoms with Gasteiger partial charge in [-0.05, 0) is 25.0 Å². The summed E-state index contributed by atoms with van der Waals surface area (Å²) in [5, 5.41) is 2.98. The van der Waals surface area contributed by atoms with E-state index in [2.05, 4.69) is 20.2 Å². The Bertz CT molecular complexity index is 645. The van der Waals surface area contributed by atoms with Crippen LogP contribution in [0, 0.1) is 0 Å². The molecule has 7 nitrogen and oxygen atoms in total. The van der Waals surface area contributed by atoms with Crippen molar-refractivity contribution in [1.82, 2.24) is 15.3 Å². The van der Waals surface area contributed by atoms with Gasteiger partial charge < -0.3 is 19.4 Å². The molecular formula is C16H20N4O3. The molecule has 1 amide bonds. The van der Waals surface area contributed by atoms with E-state index in [0.29, 0.717) is 24.8 Å². The molecule has 122 valence electrons. The average Bonchev–Trinajstić information content (AvgIpc) is 3.25. The largest absolute Gasteiger partial charge is 0.475 e. The highest BCUT2D eigenvalue weighted by Gasteiger charge is 2.28. The summed E-state index contributed by atoms with van der Waals surface area (Å²) in [4.78, 5) is 22.8. The number of ether oxygens (including phenoxy) is 1. The van der Waals surface area contributed by atoms with E-state index in [1.807, 2.05) is 6.92 Å². The molecule has 23 heavy (non-hydrogen) atoms. The summed E-state index contributed by atoms with van der Waals surface area (Å²) in [6.07, 6.45) is 6.53. The molecule has 0 saturated carbocycles. The summed E-state index contributed by atoms with van der Waals surface area (Å²) in [6, 6.07) is 3.41. The molecule has 0 radical (unpaired) electrons. The first-order valence-electron chi connectivity index (χ1n) is 7.81. The minimum Gasteiger partial charge on any atom is -0.475 e. The molecule has 2 aromatic rings. The number of nitrogens with zero attached hydrogens (tertiary/aromatic N) is 3. The third-order valence-electron chi connectivity index (χ3n) is 3.66. The van der Waals surface area contributed by atoms with Gasteiger partial charge in [-0.25, -0.2) is 9.97 Å². The minimum atomic E-state index is -0.191. The molecule has 1 atom stereocenters. The van der Waals surface area contributed by atoms with Gasteiger partial charge in [-0.15, -0.1) is 0 Å². The molecule has 3 heterocycles. The molecule has 2 aromatic heterocycles. The van der Waals surface area contributed by atoms with E-state index < -0.39 is 0 Å². The van der Waals surface area contributed by atoms with Crippen molar-refractivity contribution < 1.29 is 13.9 Å². The number of nitrogens with one attached hydrogen (secondary N) is 1. The summed E-state index contributed by atoms with van der Waals surface area (Å²) < 4.78 is 10.8. The Kier molecular flexibility index (Phi) is 4.75. The van der Waals surface area contributed by atoms with Gasteiger partial charge in [-0.3, -0.25) is 4.79 Å². The Hall–Kier alpha value is -2.57. The van der Waals surface area contributed by atoms with Crippen molar-refractivity contribution in [2.75, 3.05) is 24.6 Å². The summed E-state index contributed by atoms with van der Waals surface area (Å²) in [7, 11) is 0. The Morgan fingerprint density at radius 3 is 3.13 bits per heavy atom. The Morgan fingerprint density at radius 1 is 1.48 bits per heavy atom. The fraction of sp³-hybridized carbons (Fsp3) is 0.438. The number of furan rings is 1. The number of aromatic nitrogens is 2. The van der Waals surface area contributed by atoms with E-state index in [-0.39, 0.29) is 11.9 Å². The molecule has 0 aliphatic carbocycles. The molecule has 7 heteroatoms. The SMILES string of the molecule is CCCOc1nccnc1N1CCC(NC(=O)c2ccco2)C1. The zero-order valence-electron chi connectivity index (χ0n) is 13.1. The first-order chi connectivity index (χ1) is 11.3. The fourth-order valence-corrected chi connectivity index (χ4v) is 2.57. The monoisotopic (exact) mass is 316 g/mol. The van der Waals surface area contributed by atoms with Gasteiger partial charge in [0.05, 0.1) is 12.9 Å². The van der Waals surface area contributed by atoms with Crippen molar-refractivity contribution in [1.29, 1.82) is 0 Å². The van der Waals surface area contributed by atoms with Crippen LogP contribution in [0.15, 0.2) is 35.2 Å². The standard InChI is InChI=1S/C16H20N4O3/c1-2-9-23-16-14(17-6-7-18-16)20-8-5-12(11-20)19-15(21)13-4-3-10-22-13/h3-4,6-7,10,12H,2,5,8-9,11H2,1H3,(H,19,21). The van der Waals surface area contributed by atoms with E-state index in [9.17, 15) is 4.79 Å². The lowest BCUT2D eigenvalue weighted by Crippen LogP contribution is -2.37. The number of hydrogen-bond acceptors (Lipinski definition) is 6. The van der Waals surface area contributed by atoms with Crippen molar-refractivity contribution in [3.05, 3.63) is 36.5 Å². The lowest BCUT2D eigenvalue weighted by molar-refractivity contribution is 0.0912. The number of amides is 1. The second-order valence-corrected chi connectivity index (χ2v) is 5.42. The van der Waals surface area contributed by atoms with Crippen molar-refractivity contribution in [2.24, 2.45) is 0 Å². The van der Waals surface area contributed by atoms with Crippen LogP contribution >= 0.6 is 0 Å². The van der Waals surface area contributed by atoms with E-state index in [1.54, 1.807) is 24.5 Å². The van der Waals surface area contributed by atoms with Crippen LogP contribution in [0.3, 0.4) is 0 Å². The second kappa shape index (κ2) is 7.13. The molecule has 3 rings (SSSR count). The van der Waals surface area contributed by atoms with Gasteiger partial charge in [0, 0.05) is 31.5 Å². The quantitative estimate of drug-likeness (QED) is 0.876. The molecule has 0 spiro atoms. The van der Waals surface area contributed by atoms with Gasteiger partial charge in [-0.1, -0.05) is 6.92 Å². The number of carbonyl (C=O) groups is 1. The van der Waals surface area contributed by atoms with Crippen LogP contribution < -0.4 is 15.0 Å². The molecule has 1 N–H and O–H groups in total. The molecular weight excluding hydrogens is 296 g/mol. The van der Waals surface area contributed by atoms with Crippen LogP contribution in [0.2, 0.25) is 0 Å². The number of hydrogen-bond donors (Lipinski definition) is 1. The van der Waals surface area contributed by atoms with Gasteiger partial charge in [0.25, 0.3) is 11.8 Å². The molecule has 1 saturated heterocycles. The van der Waals surface area contributed by atoms with E-state index >= 15 is 0 Å². The van der Waals surface area contributed by atoms with Crippen LogP contribution in [0.5, 0.6) is 5.88 Å². The predicted molar refractivity (Wildman–Crippen MR) is 84.6 cm³/mol. The molecule has 1 aliphatic heterocycles. The van der Waals surface area contributed by atoms with Crippen LogP contribution in [-0.2, 0) is 0 Å². The normalized spacial score (nSPS) is 17.3. The van der Waals surface area contributed by atoms with Crippen molar-refractivity contribution in [3.63, 3.8) is 0 Å². The van der Waals surface area contributed by atoms with E-state index in [1.165, 1.54) is 6.26 Å². The van der Waals surface area contributed by atoms with Gasteiger partial charge in [0.15, 0.2) is 11.6 Å². The summed E-state index contributed by atoms with van der Waals surface area (Å²) >= 11 is 0. The first kappa shape index (κ1) is 15.3. The van der Waals surface area contributed by atoms with Crippen molar-refractivity contribution >= 4 is 11.7 Å². The maximum atomic E-state index is 12.0. The van der Waals surface area contributed by atoms with Gasteiger partial charge in [-0.2, -0.15) is 0 Å². The third kappa shape index (κ3) is 3.61. The van der Waals surface area contributed by atoms with E-state index in [4.69, 9.17) is 9.15 Å².